The Bertz CT molecular complexity index is 1050. The Hall–Kier alpha value is -3.48. The smallest absolute Gasteiger partial charge is 0.488 e. The summed E-state index contributed by atoms with van der Waals surface area (Å²) in [6, 6.07) is 17.8. The Morgan fingerprint density at radius 3 is 1.97 bits per heavy atom. The first-order chi connectivity index (χ1) is 15.0. The minimum Gasteiger partial charge on any atom is -0.488 e. The quantitative estimate of drug-likeness (QED) is 0.366. The number of aldehydes is 1. The third-order valence-electron chi connectivity index (χ3n) is 4.62. The highest BCUT2D eigenvalue weighted by Crippen LogP contribution is 2.30. The van der Waals surface area contributed by atoms with Gasteiger partial charge in [0.15, 0.2) is 6.29 Å². The van der Waals surface area contributed by atoms with Crippen molar-refractivity contribution in [1.82, 2.24) is 0 Å². The molecule has 4 nitrogen and oxygen atoms in total. The molecule has 0 aliphatic rings. The van der Waals surface area contributed by atoms with Crippen molar-refractivity contribution in [2.45, 2.75) is 39.2 Å². The molecule has 0 amide bonds. The number of benzene rings is 3. The van der Waals surface area contributed by atoms with Gasteiger partial charge >= 0.3 is 6.36 Å². The summed E-state index contributed by atoms with van der Waals surface area (Å²) >= 11 is 0. The first-order valence-corrected chi connectivity index (χ1v) is 9.88. The summed E-state index contributed by atoms with van der Waals surface area (Å²) < 4.78 is 52.0. The van der Waals surface area contributed by atoms with Crippen LogP contribution >= 0.6 is 0 Å². The van der Waals surface area contributed by atoms with Crippen molar-refractivity contribution in [2.24, 2.45) is 0 Å². The van der Waals surface area contributed by atoms with Gasteiger partial charge in [0.25, 0.3) is 0 Å². The molecule has 3 aromatic rings. The largest absolute Gasteiger partial charge is 0.573 e. The molecule has 3 aromatic carbocycles. The molecule has 32 heavy (non-hydrogen) atoms. The van der Waals surface area contributed by atoms with Crippen LogP contribution in [0, 0.1) is 0 Å². The van der Waals surface area contributed by atoms with E-state index in [0.717, 1.165) is 17.7 Å². The lowest BCUT2D eigenvalue weighted by Gasteiger charge is -2.19. The van der Waals surface area contributed by atoms with Gasteiger partial charge in [-0.25, -0.2) is 0 Å². The Kier molecular flexibility index (Phi) is 6.77. The number of hydrogen-bond donors (Lipinski definition) is 0. The number of hydrogen-bond acceptors (Lipinski definition) is 4. The van der Waals surface area contributed by atoms with E-state index in [9.17, 15) is 18.0 Å². The molecule has 0 bridgehead atoms. The molecule has 0 aliphatic carbocycles. The van der Waals surface area contributed by atoms with E-state index in [-0.39, 0.29) is 11.2 Å². The first kappa shape index (κ1) is 23.2. The summed E-state index contributed by atoms with van der Waals surface area (Å²) in [7, 11) is 0. The third kappa shape index (κ3) is 6.51. The highest BCUT2D eigenvalue weighted by Gasteiger charge is 2.31. The summed E-state index contributed by atoms with van der Waals surface area (Å²) in [5.74, 6) is 0.696. The molecule has 0 heterocycles. The van der Waals surface area contributed by atoms with Gasteiger partial charge in [-0.2, -0.15) is 0 Å². The van der Waals surface area contributed by atoms with Crippen LogP contribution in [0.4, 0.5) is 13.2 Å². The summed E-state index contributed by atoms with van der Waals surface area (Å²) in [6.45, 7) is 6.72. The molecule has 0 saturated carbocycles. The number of rotatable bonds is 7. The van der Waals surface area contributed by atoms with Crippen molar-refractivity contribution in [3.8, 4) is 23.0 Å². The molecule has 0 saturated heterocycles. The molecule has 0 N–H and O–H groups in total. The van der Waals surface area contributed by atoms with Crippen LogP contribution in [0.25, 0.3) is 0 Å². The highest BCUT2D eigenvalue weighted by molar-refractivity contribution is 5.80. The van der Waals surface area contributed by atoms with Gasteiger partial charge < -0.3 is 14.2 Å². The van der Waals surface area contributed by atoms with Gasteiger partial charge in [-0.1, -0.05) is 45.0 Å². The molecule has 0 aliphatic heterocycles. The van der Waals surface area contributed by atoms with Crippen LogP contribution in [-0.4, -0.2) is 12.6 Å². The fourth-order valence-corrected chi connectivity index (χ4v) is 2.92. The summed E-state index contributed by atoms with van der Waals surface area (Å²) in [5, 5.41) is 0. The SMILES string of the molecule is CC(C)(C)c1ccc(COc2ccc(Oc3ccc(OC(F)(F)F)cc3)cc2C=O)cc1. The molecule has 0 aromatic heterocycles. The van der Waals surface area contributed by atoms with Crippen molar-refractivity contribution in [3.63, 3.8) is 0 Å². The average Bonchev–Trinajstić information content (AvgIpc) is 2.72. The second-order valence-corrected chi connectivity index (χ2v) is 8.17. The molecular weight excluding hydrogens is 421 g/mol. The van der Waals surface area contributed by atoms with Crippen molar-refractivity contribution in [1.29, 1.82) is 0 Å². The molecule has 0 radical (unpaired) electrons. The van der Waals surface area contributed by atoms with E-state index < -0.39 is 6.36 Å². The zero-order chi connectivity index (χ0) is 23.4. The predicted octanol–water partition coefficient (Wildman–Crippen LogP) is 7.07. The van der Waals surface area contributed by atoms with Gasteiger partial charge in [-0.15, -0.1) is 13.2 Å². The van der Waals surface area contributed by atoms with Gasteiger partial charge in [0.2, 0.25) is 0 Å². The zero-order valence-corrected chi connectivity index (χ0v) is 17.9. The number of ether oxygens (including phenoxy) is 3. The average molecular weight is 444 g/mol. The van der Waals surface area contributed by atoms with Gasteiger partial charge in [-0.05, 0) is 59.0 Å². The van der Waals surface area contributed by atoms with E-state index in [4.69, 9.17) is 9.47 Å². The second kappa shape index (κ2) is 9.34. The lowest BCUT2D eigenvalue weighted by atomic mass is 9.87. The van der Waals surface area contributed by atoms with E-state index in [1.54, 1.807) is 12.1 Å². The Labute approximate surface area is 184 Å². The number of halogens is 3. The Balaban J connectivity index is 1.65. The van der Waals surface area contributed by atoms with E-state index >= 15 is 0 Å². The molecule has 0 atom stereocenters. The maximum atomic E-state index is 12.2. The first-order valence-electron chi connectivity index (χ1n) is 9.88. The van der Waals surface area contributed by atoms with E-state index in [0.29, 0.717) is 35.7 Å². The lowest BCUT2D eigenvalue weighted by Crippen LogP contribution is -2.16. The fraction of sp³-hybridized carbons (Fsp3) is 0.240. The summed E-state index contributed by atoms with van der Waals surface area (Å²) in [4.78, 5) is 11.5. The molecule has 3 rings (SSSR count). The summed E-state index contributed by atoms with van der Waals surface area (Å²) in [6.07, 6.45) is -4.10. The zero-order valence-electron chi connectivity index (χ0n) is 17.9. The van der Waals surface area contributed by atoms with Crippen LogP contribution in [0.5, 0.6) is 23.0 Å². The molecule has 0 unspecified atom stereocenters. The third-order valence-corrected chi connectivity index (χ3v) is 4.62. The lowest BCUT2D eigenvalue weighted by molar-refractivity contribution is -0.274. The van der Waals surface area contributed by atoms with Gasteiger partial charge in [0.05, 0.1) is 5.56 Å². The van der Waals surface area contributed by atoms with E-state index in [1.165, 1.54) is 23.8 Å². The monoisotopic (exact) mass is 444 g/mol. The van der Waals surface area contributed by atoms with Crippen LogP contribution in [0.2, 0.25) is 0 Å². The van der Waals surface area contributed by atoms with Crippen molar-refractivity contribution in [3.05, 3.63) is 83.4 Å². The normalized spacial score (nSPS) is 11.7. The number of carbonyl (C=O) groups is 1. The maximum Gasteiger partial charge on any atom is 0.573 e. The van der Waals surface area contributed by atoms with Crippen molar-refractivity contribution in [2.75, 3.05) is 0 Å². The Morgan fingerprint density at radius 1 is 0.812 bits per heavy atom. The number of carbonyl (C=O) groups excluding carboxylic acids is 1. The summed E-state index contributed by atoms with van der Waals surface area (Å²) in [5.41, 5.74) is 2.54. The second-order valence-electron chi connectivity index (χ2n) is 8.17. The maximum absolute atomic E-state index is 12.2. The van der Waals surface area contributed by atoms with Crippen LogP contribution in [0.3, 0.4) is 0 Å². The van der Waals surface area contributed by atoms with Crippen LogP contribution in [-0.2, 0) is 12.0 Å². The molecule has 168 valence electrons. The van der Waals surface area contributed by atoms with Crippen LogP contribution in [0.1, 0.15) is 42.3 Å². The predicted molar refractivity (Wildman–Crippen MR) is 115 cm³/mol. The molecular formula is C25H23F3O4. The highest BCUT2D eigenvalue weighted by atomic mass is 19.4. The molecule has 0 fully saturated rings. The van der Waals surface area contributed by atoms with Crippen LogP contribution in [0.15, 0.2) is 66.7 Å². The van der Waals surface area contributed by atoms with E-state index in [1.807, 2.05) is 12.1 Å². The Morgan fingerprint density at radius 2 is 1.41 bits per heavy atom. The van der Waals surface area contributed by atoms with Gasteiger partial charge in [0, 0.05) is 0 Å². The van der Waals surface area contributed by atoms with Gasteiger partial charge in [0.1, 0.15) is 29.6 Å². The molecule has 0 spiro atoms. The van der Waals surface area contributed by atoms with Crippen LogP contribution < -0.4 is 14.2 Å². The number of alkyl halides is 3. The minimum atomic E-state index is -4.76. The van der Waals surface area contributed by atoms with Crippen molar-refractivity contribution < 1.29 is 32.2 Å². The fourth-order valence-electron chi connectivity index (χ4n) is 2.92. The standard InChI is InChI=1S/C25H23F3O4/c1-24(2,3)19-6-4-17(5-7-19)16-30-23-13-12-22(14-18(23)15-29)31-20-8-10-21(11-9-20)32-25(26,27)28/h4-15H,16H2,1-3H3. The topological polar surface area (TPSA) is 44.8 Å². The minimum absolute atomic E-state index is 0.0611. The molecule has 7 heteroatoms. The van der Waals surface area contributed by atoms with Crippen molar-refractivity contribution >= 4 is 6.29 Å². The van der Waals surface area contributed by atoms with Gasteiger partial charge in [-0.3, -0.25) is 4.79 Å². The van der Waals surface area contributed by atoms with E-state index in [2.05, 4.69) is 37.6 Å².